The molecule has 0 radical (unpaired) electrons. The van der Waals surface area contributed by atoms with Crippen LogP contribution in [-0.4, -0.2) is 35.4 Å². The third kappa shape index (κ3) is 4.62. The molecule has 4 rings (SSSR count). The van der Waals surface area contributed by atoms with Crippen LogP contribution in [0.1, 0.15) is 31.0 Å². The molecular weight excluding hydrogens is 442 g/mol. The van der Waals surface area contributed by atoms with E-state index in [0.717, 1.165) is 20.8 Å². The number of allylic oxidation sites excluding steroid dienone is 5. The summed E-state index contributed by atoms with van der Waals surface area (Å²) in [6, 6.07) is 0.217. The Kier molecular flexibility index (Phi) is 6.48. The Morgan fingerprint density at radius 3 is 2.70 bits per heavy atom. The largest absolute Gasteiger partial charge is 0.426 e. The molecule has 0 saturated carbocycles. The first-order chi connectivity index (χ1) is 15.8. The number of aromatic nitrogens is 5. The number of thiazole rings is 1. The van der Waals surface area contributed by atoms with Gasteiger partial charge < -0.3 is 9.84 Å². The van der Waals surface area contributed by atoms with Crippen LogP contribution < -0.4 is 16.0 Å². The SMILES string of the molecule is CC1=CC(Oc2nc3c(c(=O)n(CCCO)c(=O)n3C)n2Cc2nc(C)cs2)=C[C@H](C)C=C1. The first-order valence-electron chi connectivity index (χ1n) is 10.8. The fraction of sp³-hybridized carbons (Fsp3) is 0.391. The highest BCUT2D eigenvalue weighted by Crippen LogP contribution is 2.25. The molecule has 0 aliphatic heterocycles. The van der Waals surface area contributed by atoms with Crippen molar-refractivity contribution < 1.29 is 9.84 Å². The van der Waals surface area contributed by atoms with E-state index in [1.807, 2.05) is 37.5 Å². The molecule has 174 valence electrons. The number of aliphatic hydroxyl groups excluding tert-OH is 1. The zero-order chi connectivity index (χ0) is 23.7. The zero-order valence-electron chi connectivity index (χ0n) is 19.1. The Labute approximate surface area is 194 Å². The van der Waals surface area contributed by atoms with Crippen molar-refractivity contribution >= 4 is 22.5 Å². The van der Waals surface area contributed by atoms with E-state index >= 15 is 0 Å². The monoisotopic (exact) mass is 469 g/mol. The molecule has 3 heterocycles. The lowest BCUT2D eigenvalue weighted by Crippen LogP contribution is -2.39. The molecule has 0 unspecified atom stereocenters. The number of aryl methyl sites for hydroxylation is 2. The summed E-state index contributed by atoms with van der Waals surface area (Å²) < 4.78 is 10.4. The molecule has 0 aromatic carbocycles. The van der Waals surface area contributed by atoms with Crippen LogP contribution in [0, 0.1) is 12.8 Å². The van der Waals surface area contributed by atoms with Gasteiger partial charge in [-0.05, 0) is 43.9 Å². The average Bonchev–Trinajstić information content (AvgIpc) is 3.29. The van der Waals surface area contributed by atoms with Gasteiger partial charge in [-0.15, -0.1) is 11.3 Å². The molecule has 0 fully saturated rings. The summed E-state index contributed by atoms with van der Waals surface area (Å²) in [5.74, 6) is 0.774. The van der Waals surface area contributed by atoms with Crippen molar-refractivity contribution in [1.82, 2.24) is 23.7 Å². The van der Waals surface area contributed by atoms with Crippen LogP contribution in [0.3, 0.4) is 0 Å². The maximum absolute atomic E-state index is 13.4. The normalized spacial score (nSPS) is 16.1. The molecule has 0 spiro atoms. The molecule has 1 aliphatic rings. The predicted octanol–water partition coefficient (Wildman–Crippen LogP) is 2.51. The van der Waals surface area contributed by atoms with Crippen LogP contribution >= 0.6 is 11.3 Å². The van der Waals surface area contributed by atoms with E-state index in [-0.39, 0.29) is 42.8 Å². The molecule has 1 N–H and O–H groups in total. The maximum atomic E-state index is 13.4. The van der Waals surface area contributed by atoms with Crippen molar-refractivity contribution in [3.05, 3.63) is 72.6 Å². The number of imidazole rings is 1. The van der Waals surface area contributed by atoms with E-state index in [1.165, 1.54) is 15.9 Å². The Bertz CT molecular complexity index is 1400. The molecule has 9 nitrogen and oxygen atoms in total. The van der Waals surface area contributed by atoms with E-state index in [9.17, 15) is 14.7 Å². The highest BCUT2D eigenvalue weighted by molar-refractivity contribution is 7.09. The highest BCUT2D eigenvalue weighted by atomic mass is 32.1. The second-order valence-electron chi connectivity index (χ2n) is 8.19. The lowest BCUT2D eigenvalue weighted by Gasteiger charge is -2.11. The van der Waals surface area contributed by atoms with Gasteiger partial charge in [-0.2, -0.15) is 4.98 Å². The average molecular weight is 470 g/mol. The number of nitrogens with zero attached hydrogens (tertiary/aromatic N) is 5. The third-order valence-corrected chi connectivity index (χ3v) is 6.32. The minimum atomic E-state index is -0.482. The predicted molar refractivity (Wildman–Crippen MR) is 128 cm³/mol. The summed E-state index contributed by atoms with van der Waals surface area (Å²) in [5, 5.41) is 11.9. The summed E-state index contributed by atoms with van der Waals surface area (Å²) in [6.07, 6.45) is 8.29. The van der Waals surface area contributed by atoms with Gasteiger partial charge in [-0.25, -0.2) is 9.78 Å². The number of hydrogen-bond donors (Lipinski definition) is 1. The second kappa shape index (κ2) is 9.32. The number of hydrogen-bond acceptors (Lipinski definition) is 7. The van der Waals surface area contributed by atoms with Crippen LogP contribution in [0.4, 0.5) is 0 Å². The van der Waals surface area contributed by atoms with Crippen LogP contribution in [0.15, 0.2) is 50.6 Å². The van der Waals surface area contributed by atoms with Gasteiger partial charge >= 0.3 is 11.7 Å². The van der Waals surface area contributed by atoms with Gasteiger partial charge in [0, 0.05) is 31.3 Å². The minimum Gasteiger partial charge on any atom is -0.426 e. The van der Waals surface area contributed by atoms with Gasteiger partial charge in [-0.1, -0.05) is 19.1 Å². The molecule has 3 aromatic rings. The summed E-state index contributed by atoms with van der Waals surface area (Å²) in [6.45, 7) is 6.22. The van der Waals surface area contributed by atoms with E-state index in [2.05, 4.69) is 23.0 Å². The van der Waals surface area contributed by atoms with Gasteiger partial charge in [0.25, 0.3) is 5.56 Å². The van der Waals surface area contributed by atoms with Crippen LogP contribution in [-0.2, 0) is 20.1 Å². The zero-order valence-corrected chi connectivity index (χ0v) is 19.9. The Balaban J connectivity index is 1.92. The van der Waals surface area contributed by atoms with Gasteiger partial charge in [-0.3, -0.25) is 18.5 Å². The topological polar surface area (TPSA) is 104 Å². The van der Waals surface area contributed by atoms with Gasteiger partial charge in [0.1, 0.15) is 10.8 Å². The van der Waals surface area contributed by atoms with E-state index in [4.69, 9.17) is 4.74 Å². The molecule has 3 aromatic heterocycles. The van der Waals surface area contributed by atoms with Crippen LogP contribution in [0.25, 0.3) is 11.2 Å². The fourth-order valence-corrected chi connectivity index (χ4v) is 4.48. The minimum absolute atomic E-state index is 0.117. The van der Waals surface area contributed by atoms with E-state index < -0.39 is 11.2 Å². The van der Waals surface area contributed by atoms with Gasteiger partial charge in [0.2, 0.25) is 0 Å². The number of ether oxygens (including phenoxy) is 1. The van der Waals surface area contributed by atoms with Crippen molar-refractivity contribution in [3.8, 4) is 6.01 Å². The van der Waals surface area contributed by atoms with Crippen molar-refractivity contribution in [1.29, 1.82) is 0 Å². The van der Waals surface area contributed by atoms with Crippen LogP contribution in [0.5, 0.6) is 6.01 Å². The van der Waals surface area contributed by atoms with Gasteiger partial charge in [0.15, 0.2) is 11.2 Å². The molecule has 0 saturated heterocycles. The van der Waals surface area contributed by atoms with E-state index in [1.54, 1.807) is 11.6 Å². The molecule has 10 heteroatoms. The second-order valence-corrected chi connectivity index (χ2v) is 9.13. The first kappa shape index (κ1) is 22.9. The fourth-order valence-electron chi connectivity index (χ4n) is 3.72. The number of rotatable bonds is 7. The molecule has 0 bridgehead atoms. The lowest BCUT2D eigenvalue weighted by molar-refractivity contribution is 0.277. The lowest BCUT2D eigenvalue weighted by atomic mass is 10.1. The standard InChI is InChI=1S/C23H27N5O4S/c1-14-6-7-15(2)11-17(10-14)32-22-25-20-19(28(22)12-18-24-16(3)13-33-18)21(30)27(8-5-9-29)23(31)26(20)4/h6-7,10-11,13-14,29H,5,8-9,12H2,1-4H3/t14-/m1/s1. The first-order valence-corrected chi connectivity index (χ1v) is 11.6. The van der Waals surface area contributed by atoms with Gasteiger partial charge in [0.05, 0.1) is 6.54 Å². The highest BCUT2D eigenvalue weighted by Gasteiger charge is 2.23. The summed E-state index contributed by atoms with van der Waals surface area (Å²) in [5.41, 5.74) is 1.48. The number of fused-ring (bicyclic) bond motifs is 1. The molecule has 0 amide bonds. The molecular formula is C23H27N5O4S. The maximum Gasteiger partial charge on any atom is 0.332 e. The summed E-state index contributed by atoms with van der Waals surface area (Å²) in [7, 11) is 1.58. The molecule has 1 aliphatic carbocycles. The van der Waals surface area contributed by atoms with Crippen molar-refractivity contribution in [2.45, 2.75) is 40.3 Å². The van der Waals surface area contributed by atoms with Crippen molar-refractivity contribution in [3.63, 3.8) is 0 Å². The summed E-state index contributed by atoms with van der Waals surface area (Å²) in [4.78, 5) is 35.3. The molecule has 1 atom stereocenters. The van der Waals surface area contributed by atoms with Crippen molar-refractivity contribution in [2.75, 3.05) is 6.61 Å². The Morgan fingerprint density at radius 1 is 1.21 bits per heavy atom. The number of aliphatic hydroxyl groups is 1. The van der Waals surface area contributed by atoms with Crippen LogP contribution in [0.2, 0.25) is 0 Å². The van der Waals surface area contributed by atoms with Crippen molar-refractivity contribution in [2.24, 2.45) is 13.0 Å². The summed E-state index contributed by atoms with van der Waals surface area (Å²) >= 11 is 1.48. The van der Waals surface area contributed by atoms with E-state index in [0.29, 0.717) is 12.2 Å². The smallest absolute Gasteiger partial charge is 0.332 e. The Morgan fingerprint density at radius 2 is 2.00 bits per heavy atom. The Hall–Kier alpha value is -3.24. The quantitative estimate of drug-likeness (QED) is 0.570. The molecule has 33 heavy (non-hydrogen) atoms. The third-order valence-electron chi connectivity index (χ3n) is 5.37.